The van der Waals surface area contributed by atoms with Gasteiger partial charge in [-0.25, -0.2) is 0 Å². The molecular formula is C133H95N5O5S. The molecule has 11 aromatic heterocycles. The zero-order valence-corrected chi connectivity index (χ0v) is 82.0. The molecule has 5 aliphatic carbocycles. The van der Waals surface area contributed by atoms with Crippen LogP contribution in [0.5, 0.6) is 0 Å². The molecule has 11 heterocycles. The molecule has 0 N–H and O–H groups in total. The summed E-state index contributed by atoms with van der Waals surface area (Å²) in [5.74, 6) is 4.24. The second kappa shape index (κ2) is 29.5. The maximum Gasteiger partial charge on any atom is 0.161 e. The summed E-state index contributed by atoms with van der Waals surface area (Å²) in [5.41, 5.74) is 43.3. The van der Waals surface area contributed by atoms with Crippen LogP contribution in [0, 0.1) is 0 Å². The van der Waals surface area contributed by atoms with Crippen LogP contribution in [0.3, 0.4) is 0 Å². The number of thiophene rings is 1. The van der Waals surface area contributed by atoms with Gasteiger partial charge in [-0.3, -0.25) is 0 Å². The van der Waals surface area contributed by atoms with Crippen LogP contribution < -0.4 is 0 Å². The SMILES string of the molecule is CC1(C)c2ccccc2-c2c1oc1c3ccccc3n(-c3ccc4c(c3)c3ccccc3n4-c3ccccc3)c21.CC1(C)c2ccccc2-c2c1oc1c3ccccc3n(-c3ccc4oc5ccccc5c4c3)c21.CC1(C)c2ccccc2-c2c1oc1c3ccccc3n(-c3ccc4sc5ccccc5c4c3)c21.CC1(C)c2ccccc2-c2cc(-n3c4ccccc4c4oc5c(c43)-c3ccccc3C5(C)C)ccc21. The Balaban J connectivity index is 0.0000000896. The molecule has 10 nitrogen and oxygen atoms in total. The molecule has 0 spiro atoms. The highest BCUT2D eigenvalue weighted by atomic mass is 32.1. The fourth-order valence-electron chi connectivity index (χ4n) is 26.0. The second-order valence-electron chi connectivity index (χ2n) is 42.4. The minimum atomic E-state index is -0.191. The highest BCUT2D eigenvalue weighted by molar-refractivity contribution is 7.25. The van der Waals surface area contributed by atoms with Crippen molar-refractivity contribution in [1.29, 1.82) is 0 Å². The number of hydrogen-bond donors (Lipinski definition) is 0. The number of nitrogens with zero attached hydrogens (tertiary/aromatic N) is 5. The van der Waals surface area contributed by atoms with Crippen molar-refractivity contribution >= 4 is 163 Å². The van der Waals surface area contributed by atoms with Crippen molar-refractivity contribution in [2.45, 2.75) is 96.3 Å². The fraction of sp³-hybridized carbons (Fsp3) is 0.113. The molecule has 0 amide bonds. The first-order valence-electron chi connectivity index (χ1n) is 50.1. The molecule has 5 aliphatic rings. The van der Waals surface area contributed by atoms with Gasteiger partial charge in [0.1, 0.15) is 56.3 Å². The van der Waals surface area contributed by atoms with Crippen LogP contribution >= 0.6 is 11.3 Å². The van der Waals surface area contributed by atoms with Gasteiger partial charge in [0.05, 0.1) is 33.1 Å². The average molecular weight is 1880 g/mol. The molecule has 17 aromatic carbocycles. The zero-order chi connectivity index (χ0) is 96.2. The molecule has 144 heavy (non-hydrogen) atoms. The number of furan rings is 5. The van der Waals surface area contributed by atoms with E-state index in [2.05, 4.69) is 474 Å². The third kappa shape index (κ3) is 11.1. The smallest absolute Gasteiger partial charge is 0.161 e. The van der Waals surface area contributed by atoms with Gasteiger partial charge in [0.15, 0.2) is 22.3 Å². The van der Waals surface area contributed by atoms with Gasteiger partial charge < -0.3 is 44.9 Å². The summed E-state index contributed by atoms with van der Waals surface area (Å²) in [6.45, 7) is 22.8. The third-order valence-electron chi connectivity index (χ3n) is 32.7. The molecule has 28 aromatic rings. The Morgan fingerprint density at radius 1 is 0.181 bits per heavy atom. The van der Waals surface area contributed by atoms with E-state index in [0.717, 1.165) is 122 Å². The van der Waals surface area contributed by atoms with Crippen molar-refractivity contribution in [3.8, 4) is 84.1 Å². The molecule has 688 valence electrons. The first-order chi connectivity index (χ1) is 70.3. The van der Waals surface area contributed by atoms with Crippen molar-refractivity contribution in [3.63, 3.8) is 0 Å². The summed E-state index contributed by atoms with van der Waals surface area (Å²) < 4.78 is 47.8. The molecular weight excluding hydrogens is 1780 g/mol. The van der Waals surface area contributed by atoms with E-state index >= 15 is 0 Å². The third-order valence-corrected chi connectivity index (χ3v) is 33.9. The van der Waals surface area contributed by atoms with Crippen molar-refractivity contribution in [2.75, 3.05) is 0 Å². The Bertz CT molecular complexity index is 10100. The molecule has 0 unspecified atom stereocenters. The number of fused-ring (bicyclic) bond motifs is 40. The van der Waals surface area contributed by atoms with Gasteiger partial charge in [0.2, 0.25) is 0 Å². The first kappa shape index (κ1) is 82.7. The molecule has 0 aliphatic heterocycles. The van der Waals surface area contributed by atoms with Crippen LogP contribution in [0.4, 0.5) is 0 Å². The van der Waals surface area contributed by atoms with Crippen LogP contribution in [0.25, 0.3) is 236 Å². The van der Waals surface area contributed by atoms with Crippen molar-refractivity contribution in [2.24, 2.45) is 0 Å². The van der Waals surface area contributed by atoms with Gasteiger partial charge in [0, 0.05) is 141 Å². The summed E-state index contributed by atoms with van der Waals surface area (Å²) >= 11 is 1.86. The van der Waals surface area contributed by atoms with Gasteiger partial charge in [-0.2, -0.15) is 0 Å². The maximum absolute atomic E-state index is 6.82. The number of para-hydroxylation sites is 7. The van der Waals surface area contributed by atoms with E-state index in [-0.39, 0.29) is 27.1 Å². The lowest BCUT2D eigenvalue weighted by Crippen LogP contribution is -2.14. The van der Waals surface area contributed by atoms with E-state index in [4.69, 9.17) is 22.1 Å². The predicted molar refractivity (Wildman–Crippen MR) is 595 cm³/mol. The Kier molecular flexibility index (Phi) is 17.0. The maximum atomic E-state index is 6.82. The van der Waals surface area contributed by atoms with Crippen molar-refractivity contribution < 1.29 is 22.1 Å². The molecule has 0 bridgehead atoms. The summed E-state index contributed by atoms with van der Waals surface area (Å²) in [7, 11) is 0. The highest BCUT2D eigenvalue weighted by Gasteiger charge is 2.48. The van der Waals surface area contributed by atoms with Crippen LogP contribution in [-0.2, 0) is 27.1 Å². The highest BCUT2D eigenvalue weighted by Crippen LogP contribution is 2.62. The molecule has 0 saturated carbocycles. The quantitative estimate of drug-likeness (QED) is 0.171. The summed E-state index contributed by atoms with van der Waals surface area (Å²) in [4.78, 5) is 0. The fourth-order valence-corrected chi connectivity index (χ4v) is 27.1. The van der Waals surface area contributed by atoms with E-state index in [9.17, 15) is 0 Å². The molecule has 0 fully saturated rings. The molecule has 11 heteroatoms. The number of aromatic nitrogens is 5. The van der Waals surface area contributed by atoms with E-state index in [1.54, 1.807) is 0 Å². The number of rotatable bonds is 5. The first-order valence-corrected chi connectivity index (χ1v) is 50.9. The number of hydrogen-bond acceptors (Lipinski definition) is 6. The van der Waals surface area contributed by atoms with Gasteiger partial charge in [-0.1, -0.05) is 263 Å². The van der Waals surface area contributed by atoms with E-state index in [1.807, 2.05) is 23.5 Å². The van der Waals surface area contributed by atoms with Crippen molar-refractivity contribution in [1.82, 2.24) is 22.8 Å². The van der Waals surface area contributed by atoms with E-state index in [1.165, 1.54) is 170 Å². The lowest BCUT2D eigenvalue weighted by molar-refractivity contribution is 0.466. The monoisotopic (exact) mass is 1870 g/mol. The largest absolute Gasteiger partial charge is 0.457 e. The van der Waals surface area contributed by atoms with Crippen LogP contribution in [0.15, 0.2) is 416 Å². The molecule has 0 radical (unpaired) electrons. The Labute approximate surface area is 833 Å². The second-order valence-corrected chi connectivity index (χ2v) is 43.5. The van der Waals surface area contributed by atoms with Gasteiger partial charge >= 0.3 is 0 Å². The van der Waals surface area contributed by atoms with E-state index in [0.29, 0.717) is 0 Å². The Hall–Kier alpha value is -17.1. The van der Waals surface area contributed by atoms with Gasteiger partial charge in [-0.05, 0) is 268 Å². The Morgan fingerprint density at radius 2 is 0.479 bits per heavy atom. The van der Waals surface area contributed by atoms with Gasteiger partial charge in [-0.15, -0.1) is 11.3 Å². The topological polar surface area (TPSA) is 90.4 Å². The predicted octanol–water partition coefficient (Wildman–Crippen LogP) is 36.4. The van der Waals surface area contributed by atoms with E-state index < -0.39 is 0 Å². The lowest BCUT2D eigenvalue weighted by Gasteiger charge is -2.21. The summed E-state index contributed by atoms with van der Waals surface area (Å²) in [6.07, 6.45) is 0. The average Bonchev–Trinajstić information content (AvgIpc) is 1.54. The van der Waals surface area contributed by atoms with Crippen LogP contribution in [-0.4, -0.2) is 22.8 Å². The van der Waals surface area contributed by atoms with Crippen LogP contribution in [0.1, 0.15) is 126 Å². The lowest BCUT2D eigenvalue weighted by atomic mass is 9.82. The van der Waals surface area contributed by atoms with Crippen LogP contribution in [0.2, 0.25) is 0 Å². The standard InChI is InChI=1S/C37H26N2O.C34H27NO.C31H21NO2.C31H21NOS/c1-37(2)29-17-9-6-15-26(29)33-34-35(40-36(33)37)27-16-8-11-19-31(27)39(34)24-20-21-32-28(22-24)25-14-7-10-18-30(25)38(32)23-12-4-3-5-13-23;1-33(2)25-14-8-5-11-21(25)24-19-20(17-18-27(24)33)35-28-16-10-7-13-23(28)31-30(35)29-22-12-6-9-15-26(22)34(3,4)32(29)36-31;1-31(2)23-12-6-3-10-20(23)27-28-29(34-30(27)31)21-11-4-7-13-24(21)32(28)18-15-16-26-22(17-18)19-9-5-8-14-25(19)33-26;1-31(2)23-12-6-3-10-20(23)27-28-29(33-30(27)31)21-11-4-7-13-24(21)32(28)18-15-16-26-22(17-18)19-9-5-8-14-25(19)34-26/h3-22H,1-2H3;5-19H,1-4H3;2*3-17H,1-2H3. The van der Waals surface area contributed by atoms with Gasteiger partial charge in [0.25, 0.3) is 0 Å². The number of benzene rings is 17. The summed E-state index contributed by atoms with van der Waals surface area (Å²) in [6, 6.07) is 142. The van der Waals surface area contributed by atoms with Crippen molar-refractivity contribution in [3.05, 3.63) is 451 Å². The minimum absolute atomic E-state index is 0.00160. The summed E-state index contributed by atoms with van der Waals surface area (Å²) in [5, 5.41) is 12.0. The zero-order valence-electron chi connectivity index (χ0n) is 81.2. The molecule has 0 saturated heterocycles. The molecule has 33 rings (SSSR count). The minimum Gasteiger partial charge on any atom is -0.457 e. The Morgan fingerprint density at radius 3 is 0.931 bits per heavy atom. The molecule has 0 atom stereocenters. The normalized spacial score (nSPS) is 14.7.